The Hall–Kier alpha value is -1.44. The fraction of sp³-hybridized carbons (Fsp3) is 0.579. The number of guanidine groups is 1. The number of nitriles is 1. The quantitative estimate of drug-likeness (QED) is 0.267. The van der Waals surface area contributed by atoms with Crippen molar-refractivity contribution in [1.82, 2.24) is 15.5 Å². The van der Waals surface area contributed by atoms with Crippen LogP contribution in [0.25, 0.3) is 0 Å². The number of aliphatic imine (C=N–C) groups is 1. The second-order valence-corrected chi connectivity index (χ2v) is 6.45. The summed E-state index contributed by atoms with van der Waals surface area (Å²) in [5.74, 6) is 0.334. The third-order valence-corrected chi connectivity index (χ3v) is 4.60. The van der Waals surface area contributed by atoms with Crippen molar-refractivity contribution in [2.45, 2.75) is 31.8 Å². The molecule has 1 saturated heterocycles. The van der Waals surface area contributed by atoms with Gasteiger partial charge in [-0.3, -0.25) is 4.99 Å². The van der Waals surface area contributed by atoms with Crippen molar-refractivity contribution in [3.8, 4) is 6.07 Å². The highest BCUT2D eigenvalue weighted by Crippen LogP contribution is 2.12. The molecule has 8 heteroatoms. The highest BCUT2D eigenvalue weighted by Gasteiger charge is 2.19. The summed E-state index contributed by atoms with van der Waals surface area (Å²) in [5.41, 5.74) is 0.909. The van der Waals surface area contributed by atoms with E-state index in [-0.39, 0.29) is 36.3 Å². The molecule has 0 aromatic heterocycles. The van der Waals surface area contributed by atoms with Crippen molar-refractivity contribution in [2.24, 2.45) is 4.99 Å². The summed E-state index contributed by atoms with van der Waals surface area (Å²) in [4.78, 5) is 6.68. The van der Waals surface area contributed by atoms with Crippen molar-refractivity contribution in [3.63, 3.8) is 0 Å². The van der Waals surface area contributed by atoms with Crippen LogP contribution in [0.4, 0.5) is 4.39 Å². The van der Waals surface area contributed by atoms with E-state index in [0.29, 0.717) is 23.1 Å². The highest BCUT2D eigenvalue weighted by atomic mass is 127. The topological polar surface area (TPSA) is 72.7 Å². The van der Waals surface area contributed by atoms with Crippen molar-refractivity contribution >= 4 is 29.9 Å². The molecule has 0 radical (unpaired) electrons. The van der Waals surface area contributed by atoms with Gasteiger partial charge in [0.1, 0.15) is 5.82 Å². The van der Waals surface area contributed by atoms with Crippen LogP contribution in [0.1, 0.15) is 30.4 Å². The average molecular weight is 489 g/mol. The van der Waals surface area contributed by atoms with Gasteiger partial charge in [-0.15, -0.1) is 24.0 Å². The van der Waals surface area contributed by atoms with Gasteiger partial charge in [-0.1, -0.05) is 0 Å². The molecule has 1 aromatic carbocycles. The van der Waals surface area contributed by atoms with Gasteiger partial charge in [0.2, 0.25) is 0 Å². The van der Waals surface area contributed by atoms with E-state index in [0.717, 1.165) is 45.5 Å². The monoisotopic (exact) mass is 489 g/mol. The molecule has 1 heterocycles. The van der Waals surface area contributed by atoms with Crippen LogP contribution in [-0.4, -0.2) is 57.3 Å². The number of nitrogens with zero attached hydrogens (tertiary/aromatic N) is 3. The Bertz CT molecular complexity index is 641. The Balaban J connectivity index is 0.00000364. The van der Waals surface area contributed by atoms with Crippen molar-refractivity contribution < 1.29 is 9.13 Å². The lowest BCUT2D eigenvalue weighted by atomic mass is 10.1. The smallest absolute Gasteiger partial charge is 0.191 e. The number of ether oxygens (including phenoxy) is 1. The molecule has 0 saturated carbocycles. The summed E-state index contributed by atoms with van der Waals surface area (Å²) in [6.45, 7) is 4.27. The third-order valence-electron chi connectivity index (χ3n) is 4.60. The van der Waals surface area contributed by atoms with Crippen LogP contribution >= 0.6 is 24.0 Å². The van der Waals surface area contributed by atoms with E-state index >= 15 is 0 Å². The Morgan fingerprint density at radius 1 is 1.41 bits per heavy atom. The Morgan fingerprint density at radius 3 is 2.78 bits per heavy atom. The Morgan fingerprint density at radius 2 is 2.15 bits per heavy atom. The number of halogens is 2. The molecule has 27 heavy (non-hydrogen) atoms. The van der Waals surface area contributed by atoms with Crippen LogP contribution in [-0.2, 0) is 11.3 Å². The first kappa shape index (κ1) is 23.6. The van der Waals surface area contributed by atoms with Crippen LogP contribution in [0, 0.1) is 17.1 Å². The number of nitrogens with one attached hydrogen (secondary N) is 2. The average Bonchev–Trinajstić information content (AvgIpc) is 2.67. The Kier molecular flexibility index (Phi) is 11.2. The number of methoxy groups -OCH3 is 1. The molecule has 0 amide bonds. The molecule has 0 spiro atoms. The van der Waals surface area contributed by atoms with Crippen molar-refractivity contribution in [3.05, 3.63) is 35.1 Å². The van der Waals surface area contributed by atoms with E-state index in [1.165, 1.54) is 12.1 Å². The lowest BCUT2D eigenvalue weighted by Gasteiger charge is -2.33. The number of likely N-dealkylation sites (tertiary alicyclic amines) is 1. The van der Waals surface area contributed by atoms with E-state index in [1.807, 2.05) is 6.07 Å². The molecule has 150 valence electrons. The van der Waals surface area contributed by atoms with Gasteiger partial charge < -0.3 is 20.3 Å². The molecule has 2 N–H and O–H groups in total. The van der Waals surface area contributed by atoms with Crippen molar-refractivity contribution in [1.29, 1.82) is 5.26 Å². The first-order chi connectivity index (χ1) is 12.7. The molecule has 1 fully saturated rings. The van der Waals surface area contributed by atoms with Gasteiger partial charge in [-0.05, 0) is 37.5 Å². The zero-order valence-electron chi connectivity index (χ0n) is 16.0. The molecule has 6 nitrogen and oxygen atoms in total. The number of piperidine rings is 1. The van der Waals surface area contributed by atoms with Crippen LogP contribution in [0.15, 0.2) is 23.2 Å². The second-order valence-electron chi connectivity index (χ2n) is 6.45. The van der Waals surface area contributed by atoms with Gasteiger partial charge in [-0.25, -0.2) is 4.39 Å². The third kappa shape index (κ3) is 7.99. The highest BCUT2D eigenvalue weighted by molar-refractivity contribution is 14.0. The minimum Gasteiger partial charge on any atom is -0.385 e. The predicted octanol–water partition coefficient (Wildman–Crippen LogP) is 2.48. The molecular weight excluding hydrogens is 460 g/mol. The predicted molar refractivity (Wildman–Crippen MR) is 116 cm³/mol. The minimum atomic E-state index is -0.323. The molecule has 1 aliphatic heterocycles. The lowest BCUT2D eigenvalue weighted by Crippen LogP contribution is -2.48. The Labute approximate surface area is 178 Å². The maximum atomic E-state index is 13.9. The first-order valence-electron chi connectivity index (χ1n) is 9.03. The first-order valence-corrected chi connectivity index (χ1v) is 9.03. The van der Waals surface area contributed by atoms with Gasteiger partial charge in [0.05, 0.1) is 11.6 Å². The standard InChI is InChI=1S/C19H28FN5O.HI/c1-22-19(23-14-16-12-15(13-21)4-5-18(16)20)24-17-6-9-25(10-7-17)8-3-11-26-2;/h4-5,12,17H,3,6-11,14H2,1-2H3,(H2,22,23,24);1H. The van der Waals surface area contributed by atoms with E-state index in [4.69, 9.17) is 10.00 Å². The zero-order chi connectivity index (χ0) is 18.8. The molecule has 0 unspecified atom stereocenters. The number of hydrogen-bond donors (Lipinski definition) is 2. The molecule has 1 aromatic rings. The molecule has 0 aliphatic carbocycles. The van der Waals surface area contributed by atoms with E-state index < -0.39 is 0 Å². The van der Waals surface area contributed by atoms with Crippen LogP contribution < -0.4 is 10.6 Å². The van der Waals surface area contributed by atoms with Gasteiger partial charge >= 0.3 is 0 Å². The minimum absolute atomic E-state index is 0. The fourth-order valence-corrected chi connectivity index (χ4v) is 3.08. The fourth-order valence-electron chi connectivity index (χ4n) is 3.08. The van der Waals surface area contributed by atoms with E-state index in [2.05, 4.69) is 20.5 Å². The van der Waals surface area contributed by atoms with Gasteiger partial charge in [-0.2, -0.15) is 5.26 Å². The van der Waals surface area contributed by atoms with Crippen LogP contribution in [0.3, 0.4) is 0 Å². The SMILES string of the molecule is CN=C(NCc1cc(C#N)ccc1F)NC1CCN(CCCOC)CC1.I. The molecule has 0 bridgehead atoms. The summed E-state index contributed by atoms with van der Waals surface area (Å²) in [5, 5.41) is 15.5. The molecule has 1 aliphatic rings. The zero-order valence-corrected chi connectivity index (χ0v) is 18.3. The largest absolute Gasteiger partial charge is 0.385 e. The van der Waals surface area contributed by atoms with Gasteiger partial charge in [0.15, 0.2) is 5.96 Å². The maximum Gasteiger partial charge on any atom is 0.191 e. The molecule has 2 rings (SSSR count). The van der Waals surface area contributed by atoms with Crippen molar-refractivity contribution in [2.75, 3.05) is 40.4 Å². The molecular formula is C19H29FIN5O. The summed E-state index contributed by atoms with van der Waals surface area (Å²) in [6.07, 6.45) is 3.16. The lowest BCUT2D eigenvalue weighted by molar-refractivity contribution is 0.155. The number of rotatable bonds is 7. The summed E-state index contributed by atoms with van der Waals surface area (Å²) < 4.78 is 19.0. The maximum absolute atomic E-state index is 13.9. The summed E-state index contributed by atoms with van der Waals surface area (Å²) in [6, 6.07) is 6.75. The number of benzene rings is 1. The summed E-state index contributed by atoms with van der Waals surface area (Å²) >= 11 is 0. The number of hydrogen-bond acceptors (Lipinski definition) is 4. The second kappa shape index (κ2) is 12.9. The van der Waals surface area contributed by atoms with Gasteiger partial charge in [0, 0.05) is 58.5 Å². The van der Waals surface area contributed by atoms with Crippen LogP contribution in [0.5, 0.6) is 0 Å². The normalized spacial score (nSPS) is 15.7. The van der Waals surface area contributed by atoms with Gasteiger partial charge in [0.25, 0.3) is 0 Å². The summed E-state index contributed by atoms with van der Waals surface area (Å²) in [7, 11) is 3.44. The molecule has 0 atom stereocenters. The van der Waals surface area contributed by atoms with E-state index in [1.54, 1.807) is 20.2 Å². The van der Waals surface area contributed by atoms with Crippen LogP contribution in [0.2, 0.25) is 0 Å². The van der Waals surface area contributed by atoms with E-state index in [9.17, 15) is 4.39 Å².